The fourth-order valence-electron chi connectivity index (χ4n) is 0.984. The maximum absolute atomic E-state index is 10.6. The Morgan fingerprint density at radius 2 is 1.57 bits per heavy atom. The Morgan fingerprint density at radius 3 is 1.57 bits per heavy atom. The highest BCUT2D eigenvalue weighted by atomic mass is 32.1. The van der Waals surface area contributed by atoms with Crippen LogP contribution in [0.5, 0.6) is 0 Å². The number of rotatable bonds is 0. The summed E-state index contributed by atoms with van der Waals surface area (Å²) in [5, 5.41) is 0. The number of carbonyl (C=O) groups excluding carboxylic acids is 1. The highest BCUT2D eigenvalue weighted by Gasteiger charge is 2.24. The molecule has 0 aromatic heterocycles. The molecule has 1 saturated heterocycles. The highest BCUT2D eigenvalue weighted by Crippen LogP contribution is 2.15. The van der Waals surface area contributed by atoms with Crippen LogP contribution in [0.2, 0.25) is 0 Å². The zero-order valence-corrected chi connectivity index (χ0v) is 8.85. The molecule has 1 heterocycles. The number of likely N-dealkylation sites (tertiary alicyclic amines) is 1. The summed E-state index contributed by atoms with van der Waals surface area (Å²) in [6.45, 7) is 8.66. The van der Waals surface area contributed by atoms with Gasteiger partial charge in [-0.1, -0.05) is 36.1 Å². The molecule has 92 valence electrons. The Balaban J connectivity index is -0.0000000425. The lowest BCUT2D eigenvalue weighted by molar-refractivity contribution is -0.135. The van der Waals surface area contributed by atoms with Crippen LogP contribution in [0.25, 0.3) is 0 Å². The van der Waals surface area contributed by atoms with Crippen LogP contribution in [0.15, 0.2) is 0 Å². The van der Waals surface area contributed by atoms with Crippen molar-refractivity contribution in [3.8, 4) is 0 Å². The van der Waals surface area contributed by atoms with Crippen molar-refractivity contribution >= 4 is 19.4 Å². The zero-order valence-electron chi connectivity index (χ0n) is 7.85. The molecular formula is C11H31NOS. The Labute approximate surface area is 98.5 Å². The van der Waals surface area contributed by atoms with Crippen LogP contribution in [0.3, 0.4) is 0 Å². The minimum atomic E-state index is 0. The zero-order chi connectivity index (χ0) is 8.15. The molecule has 1 atom stereocenters. The van der Waals surface area contributed by atoms with Gasteiger partial charge in [0.2, 0.25) is 5.91 Å². The number of amides is 1. The Hall–Kier alpha value is -0.180. The van der Waals surface area contributed by atoms with Crippen LogP contribution >= 0.6 is 13.5 Å². The Bertz CT molecular complexity index is 118. The Kier molecular flexibility index (Phi) is 31.9. The second-order valence-corrected chi connectivity index (χ2v) is 2.35. The average Bonchev–Trinajstić information content (AvgIpc) is 1.88. The van der Waals surface area contributed by atoms with Gasteiger partial charge in [0.1, 0.15) is 0 Å². The summed E-state index contributed by atoms with van der Waals surface area (Å²) in [6, 6.07) is 0.507. The number of hydrogen-bond donors (Lipinski definition) is 0. The fraction of sp³-hybridized carbons (Fsp3) is 0.909. The second kappa shape index (κ2) is 15.3. The van der Waals surface area contributed by atoms with Gasteiger partial charge >= 0.3 is 0 Å². The summed E-state index contributed by atoms with van der Waals surface area (Å²) in [4.78, 5) is 12.4. The maximum atomic E-state index is 10.6. The van der Waals surface area contributed by atoms with E-state index in [1.54, 1.807) is 6.92 Å². The number of hydrogen-bond acceptors (Lipinski definition) is 1. The molecule has 1 amide bonds. The summed E-state index contributed by atoms with van der Waals surface area (Å²) in [5.41, 5.74) is 0. The van der Waals surface area contributed by atoms with E-state index in [9.17, 15) is 4.79 Å². The molecule has 3 heteroatoms. The molecule has 0 bridgehead atoms. The first-order chi connectivity index (χ1) is 4.72. The van der Waals surface area contributed by atoms with Gasteiger partial charge in [0.15, 0.2) is 0 Å². The lowest BCUT2D eigenvalue weighted by Crippen LogP contribution is -2.48. The van der Waals surface area contributed by atoms with Crippen LogP contribution in [-0.2, 0) is 4.79 Å². The van der Waals surface area contributed by atoms with Crippen molar-refractivity contribution in [2.24, 2.45) is 0 Å². The van der Waals surface area contributed by atoms with Gasteiger partial charge in [0.25, 0.3) is 0 Å². The quantitative estimate of drug-likeness (QED) is 0.616. The first-order valence-electron chi connectivity index (χ1n) is 3.99. The van der Waals surface area contributed by atoms with E-state index < -0.39 is 0 Å². The molecule has 0 aromatic rings. The molecule has 1 fully saturated rings. The van der Waals surface area contributed by atoms with Crippen molar-refractivity contribution in [2.45, 2.75) is 62.4 Å². The van der Waals surface area contributed by atoms with Gasteiger partial charge in [0.05, 0.1) is 0 Å². The molecule has 1 aliphatic rings. The van der Waals surface area contributed by atoms with E-state index >= 15 is 0 Å². The topological polar surface area (TPSA) is 20.3 Å². The standard InChI is InChI=1S/C6H11NO.C2H6.3CH4.H2S/c1-5-3-4-7(5)6(2)8;1-2;;;;/h5H,3-4H2,1-2H3;1-2H3;3*1H4;1H2/t5-;;;;;/m1...../s1. The molecule has 0 spiro atoms. The third kappa shape index (κ3) is 8.42. The second-order valence-electron chi connectivity index (χ2n) is 2.35. The third-order valence-corrected chi connectivity index (χ3v) is 1.72. The van der Waals surface area contributed by atoms with E-state index in [0.29, 0.717) is 6.04 Å². The van der Waals surface area contributed by atoms with E-state index in [2.05, 4.69) is 6.92 Å². The van der Waals surface area contributed by atoms with E-state index in [4.69, 9.17) is 0 Å². The van der Waals surface area contributed by atoms with Crippen molar-refractivity contribution in [2.75, 3.05) is 6.54 Å². The van der Waals surface area contributed by atoms with Crippen molar-refractivity contribution in [1.82, 2.24) is 4.90 Å². The predicted molar refractivity (Wildman–Crippen MR) is 73.4 cm³/mol. The molecule has 0 unspecified atom stereocenters. The first kappa shape index (κ1) is 29.2. The first-order valence-corrected chi connectivity index (χ1v) is 3.99. The van der Waals surface area contributed by atoms with Gasteiger partial charge in [-0.3, -0.25) is 4.79 Å². The van der Waals surface area contributed by atoms with Gasteiger partial charge in [-0.15, -0.1) is 0 Å². The maximum Gasteiger partial charge on any atom is 0.219 e. The van der Waals surface area contributed by atoms with Gasteiger partial charge in [-0.05, 0) is 13.3 Å². The number of carbonyl (C=O) groups is 1. The van der Waals surface area contributed by atoms with Crippen molar-refractivity contribution in [3.63, 3.8) is 0 Å². The van der Waals surface area contributed by atoms with Gasteiger partial charge in [0, 0.05) is 19.5 Å². The predicted octanol–water partition coefficient (Wildman–Crippen LogP) is 3.67. The molecular weight excluding hydrogens is 194 g/mol. The van der Waals surface area contributed by atoms with Crippen LogP contribution in [0, 0.1) is 0 Å². The minimum Gasteiger partial charge on any atom is -0.340 e. The van der Waals surface area contributed by atoms with Crippen molar-refractivity contribution in [3.05, 3.63) is 0 Å². The van der Waals surface area contributed by atoms with Crippen LogP contribution in [0.1, 0.15) is 56.4 Å². The van der Waals surface area contributed by atoms with E-state index in [0.717, 1.165) is 6.54 Å². The molecule has 14 heavy (non-hydrogen) atoms. The van der Waals surface area contributed by atoms with Gasteiger partial charge in [-0.25, -0.2) is 0 Å². The SMILES string of the molecule is C.C.C.CC.CC(=O)N1CC[C@H]1C.S. The molecule has 1 aliphatic heterocycles. The third-order valence-electron chi connectivity index (χ3n) is 1.72. The van der Waals surface area contributed by atoms with E-state index in [1.807, 2.05) is 18.7 Å². The molecule has 0 aliphatic carbocycles. The Morgan fingerprint density at radius 1 is 1.21 bits per heavy atom. The smallest absolute Gasteiger partial charge is 0.219 e. The summed E-state index contributed by atoms with van der Waals surface area (Å²) in [7, 11) is 0. The lowest BCUT2D eigenvalue weighted by Gasteiger charge is -2.37. The summed E-state index contributed by atoms with van der Waals surface area (Å²) in [6.07, 6.45) is 1.18. The van der Waals surface area contributed by atoms with Crippen LogP contribution in [0.4, 0.5) is 0 Å². The minimum absolute atomic E-state index is 0. The van der Waals surface area contributed by atoms with E-state index in [-0.39, 0.29) is 41.7 Å². The van der Waals surface area contributed by atoms with Crippen LogP contribution in [-0.4, -0.2) is 23.4 Å². The molecule has 2 nitrogen and oxygen atoms in total. The highest BCUT2D eigenvalue weighted by molar-refractivity contribution is 7.59. The molecule has 0 aromatic carbocycles. The van der Waals surface area contributed by atoms with Gasteiger partial charge < -0.3 is 4.90 Å². The fourth-order valence-corrected chi connectivity index (χ4v) is 0.984. The molecule has 1 rings (SSSR count). The monoisotopic (exact) mass is 225 g/mol. The average molecular weight is 225 g/mol. The molecule has 0 saturated carbocycles. The van der Waals surface area contributed by atoms with Crippen molar-refractivity contribution in [1.29, 1.82) is 0 Å². The van der Waals surface area contributed by atoms with Crippen molar-refractivity contribution < 1.29 is 4.79 Å². The lowest BCUT2D eigenvalue weighted by atomic mass is 10.1. The molecule has 0 radical (unpaired) electrons. The van der Waals surface area contributed by atoms with E-state index in [1.165, 1.54) is 6.42 Å². The largest absolute Gasteiger partial charge is 0.340 e. The van der Waals surface area contributed by atoms with Gasteiger partial charge in [-0.2, -0.15) is 13.5 Å². The summed E-state index contributed by atoms with van der Waals surface area (Å²) in [5.74, 6) is 0.212. The summed E-state index contributed by atoms with van der Waals surface area (Å²) >= 11 is 0. The summed E-state index contributed by atoms with van der Waals surface area (Å²) < 4.78 is 0. The normalized spacial score (nSPS) is 16.0. The van der Waals surface area contributed by atoms with Crippen LogP contribution < -0.4 is 0 Å². The number of nitrogens with zero attached hydrogens (tertiary/aromatic N) is 1. The molecule has 0 N–H and O–H groups in total.